The number of aliphatic hydroxyl groups excluding tert-OH is 2. The average molecular weight is 403 g/mol. The van der Waals surface area contributed by atoms with E-state index >= 15 is 0 Å². The standard InChI is InChI=1S/C20H19F2N3O4/c1-9-10-4-6-25(19(10)24-8-23-9)20-16(27)15(26)18(29-20)17-12-2-3-13(21)14(22)11(12)5-7-28-17/h2-4,6,8,15-18,20,26-27H,5,7H2,1H3/t15-,16+,17+,18-,20+/m0/s1. The Morgan fingerprint density at radius 1 is 1.14 bits per heavy atom. The summed E-state index contributed by atoms with van der Waals surface area (Å²) in [6.07, 6.45) is -1.90. The van der Waals surface area contributed by atoms with Crippen molar-refractivity contribution in [2.45, 2.75) is 44.0 Å². The summed E-state index contributed by atoms with van der Waals surface area (Å²) in [6, 6.07) is 4.28. The Bertz CT molecular complexity index is 1090. The molecule has 29 heavy (non-hydrogen) atoms. The maximum atomic E-state index is 14.2. The zero-order chi connectivity index (χ0) is 20.3. The van der Waals surface area contributed by atoms with Crippen LogP contribution < -0.4 is 0 Å². The molecule has 0 amide bonds. The third-order valence-electron chi connectivity index (χ3n) is 5.74. The van der Waals surface area contributed by atoms with Crippen LogP contribution in [0.1, 0.15) is 29.2 Å². The van der Waals surface area contributed by atoms with Crippen molar-refractivity contribution in [3.8, 4) is 0 Å². The van der Waals surface area contributed by atoms with Gasteiger partial charge in [-0.15, -0.1) is 0 Å². The van der Waals surface area contributed by atoms with Gasteiger partial charge < -0.3 is 24.3 Å². The quantitative estimate of drug-likeness (QED) is 0.680. The number of halogens is 2. The smallest absolute Gasteiger partial charge is 0.164 e. The molecule has 0 unspecified atom stereocenters. The number of hydrogen-bond acceptors (Lipinski definition) is 6. The van der Waals surface area contributed by atoms with E-state index in [1.54, 1.807) is 10.8 Å². The monoisotopic (exact) mass is 403 g/mol. The Morgan fingerprint density at radius 3 is 2.79 bits per heavy atom. The predicted molar refractivity (Wildman–Crippen MR) is 96.9 cm³/mol. The molecular formula is C20H19F2N3O4. The third-order valence-corrected chi connectivity index (χ3v) is 5.74. The van der Waals surface area contributed by atoms with Crippen LogP contribution in [-0.4, -0.2) is 49.7 Å². The fourth-order valence-electron chi connectivity index (χ4n) is 4.25. The number of hydrogen-bond donors (Lipinski definition) is 2. The normalized spacial score (nSPS) is 29.3. The van der Waals surface area contributed by atoms with Crippen molar-refractivity contribution in [2.75, 3.05) is 6.61 Å². The molecule has 5 rings (SSSR count). The first-order valence-corrected chi connectivity index (χ1v) is 9.35. The molecule has 7 nitrogen and oxygen atoms in total. The largest absolute Gasteiger partial charge is 0.387 e. The minimum atomic E-state index is -1.29. The number of benzene rings is 1. The summed E-state index contributed by atoms with van der Waals surface area (Å²) in [6.45, 7) is 2.00. The number of nitrogens with zero attached hydrogens (tertiary/aromatic N) is 3. The molecule has 1 fully saturated rings. The van der Waals surface area contributed by atoms with Gasteiger partial charge in [-0.25, -0.2) is 18.7 Å². The highest BCUT2D eigenvalue weighted by molar-refractivity contribution is 5.78. The second kappa shape index (κ2) is 6.81. The highest BCUT2D eigenvalue weighted by Crippen LogP contribution is 2.42. The van der Waals surface area contributed by atoms with Crippen molar-refractivity contribution in [1.82, 2.24) is 14.5 Å². The molecule has 0 saturated carbocycles. The van der Waals surface area contributed by atoms with Crippen molar-refractivity contribution < 1.29 is 28.5 Å². The SMILES string of the molecule is Cc1ncnc2c1ccn2[C@@H]1O[C@H]([C@@H]2OCCc3c2ccc(F)c3F)[C@@H](O)[C@H]1O. The fraction of sp³-hybridized carbons (Fsp3) is 0.400. The minimum absolute atomic E-state index is 0.157. The van der Waals surface area contributed by atoms with Crippen LogP contribution >= 0.6 is 0 Å². The molecule has 152 valence electrons. The van der Waals surface area contributed by atoms with E-state index in [0.29, 0.717) is 11.2 Å². The van der Waals surface area contributed by atoms with Crippen LogP contribution in [0, 0.1) is 18.6 Å². The number of aliphatic hydroxyl groups is 2. The van der Waals surface area contributed by atoms with Gasteiger partial charge in [0.05, 0.1) is 12.3 Å². The molecule has 1 aromatic carbocycles. The van der Waals surface area contributed by atoms with Crippen LogP contribution in [0.15, 0.2) is 30.7 Å². The Labute approximate surface area is 164 Å². The molecular weight excluding hydrogens is 384 g/mol. The lowest BCUT2D eigenvalue weighted by molar-refractivity contribution is -0.113. The first kappa shape index (κ1) is 18.6. The maximum absolute atomic E-state index is 14.2. The molecule has 4 heterocycles. The first-order valence-electron chi connectivity index (χ1n) is 9.35. The van der Waals surface area contributed by atoms with E-state index in [0.717, 1.165) is 17.1 Å². The average Bonchev–Trinajstić information content (AvgIpc) is 3.27. The number of rotatable bonds is 2. The van der Waals surface area contributed by atoms with E-state index in [-0.39, 0.29) is 18.6 Å². The van der Waals surface area contributed by atoms with Gasteiger partial charge in [0, 0.05) is 11.6 Å². The van der Waals surface area contributed by atoms with Gasteiger partial charge in [-0.1, -0.05) is 6.07 Å². The summed E-state index contributed by atoms with van der Waals surface area (Å²) in [5, 5.41) is 22.2. The second-order valence-corrected chi connectivity index (χ2v) is 7.36. The van der Waals surface area contributed by atoms with Gasteiger partial charge in [0.25, 0.3) is 0 Å². The zero-order valence-electron chi connectivity index (χ0n) is 15.5. The van der Waals surface area contributed by atoms with E-state index in [1.807, 2.05) is 13.0 Å². The van der Waals surface area contributed by atoms with E-state index in [1.165, 1.54) is 12.4 Å². The van der Waals surface area contributed by atoms with Gasteiger partial charge in [0.1, 0.15) is 36.4 Å². The lowest BCUT2D eigenvalue weighted by Gasteiger charge is -2.31. The molecule has 2 N–H and O–H groups in total. The molecule has 9 heteroatoms. The Kier molecular flexibility index (Phi) is 4.36. The molecule has 0 bridgehead atoms. The van der Waals surface area contributed by atoms with Gasteiger partial charge >= 0.3 is 0 Å². The second-order valence-electron chi connectivity index (χ2n) is 7.36. The molecule has 0 spiro atoms. The topological polar surface area (TPSA) is 89.6 Å². The van der Waals surface area contributed by atoms with Crippen LogP contribution in [0.25, 0.3) is 11.0 Å². The lowest BCUT2D eigenvalue weighted by Crippen LogP contribution is -2.37. The predicted octanol–water partition coefficient (Wildman–Crippen LogP) is 1.95. The molecule has 5 atom stereocenters. The highest BCUT2D eigenvalue weighted by Gasteiger charge is 2.49. The van der Waals surface area contributed by atoms with Gasteiger partial charge in [0.2, 0.25) is 0 Å². The van der Waals surface area contributed by atoms with Gasteiger partial charge in [-0.2, -0.15) is 0 Å². The van der Waals surface area contributed by atoms with Gasteiger partial charge in [0.15, 0.2) is 17.9 Å². The van der Waals surface area contributed by atoms with Crippen LogP contribution in [0.5, 0.6) is 0 Å². The summed E-state index contributed by atoms with van der Waals surface area (Å²) in [5.41, 5.74) is 1.97. The minimum Gasteiger partial charge on any atom is -0.387 e. The summed E-state index contributed by atoms with van der Waals surface area (Å²) in [7, 11) is 0. The van der Waals surface area contributed by atoms with E-state index in [2.05, 4.69) is 9.97 Å². The zero-order valence-corrected chi connectivity index (χ0v) is 15.5. The molecule has 3 aromatic rings. The molecule has 2 aliphatic heterocycles. The Balaban J connectivity index is 1.51. The number of aryl methyl sites for hydroxylation is 1. The van der Waals surface area contributed by atoms with Crippen LogP contribution in [0.3, 0.4) is 0 Å². The number of ether oxygens (including phenoxy) is 2. The van der Waals surface area contributed by atoms with Crippen molar-refractivity contribution in [3.63, 3.8) is 0 Å². The Hall–Kier alpha value is -2.46. The van der Waals surface area contributed by atoms with E-state index in [9.17, 15) is 19.0 Å². The molecule has 2 aliphatic rings. The van der Waals surface area contributed by atoms with Crippen molar-refractivity contribution in [1.29, 1.82) is 0 Å². The summed E-state index contributed by atoms with van der Waals surface area (Å²) >= 11 is 0. The highest BCUT2D eigenvalue weighted by atomic mass is 19.2. The van der Waals surface area contributed by atoms with Crippen LogP contribution in [-0.2, 0) is 15.9 Å². The third kappa shape index (κ3) is 2.77. The number of fused-ring (bicyclic) bond motifs is 2. The van der Waals surface area contributed by atoms with E-state index in [4.69, 9.17) is 9.47 Å². The summed E-state index contributed by atoms with van der Waals surface area (Å²) < 4.78 is 41.2. The van der Waals surface area contributed by atoms with Gasteiger partial charge in [-0.05, 0) is 36.6 Å². The van der Waals surface area contributed by atoms with Crippen LogP contribution in [0.2, 0.25) is 0 Å². The van der Waals surface area contributed by atoms with Crippen LogP contribution in [0.4, 0.5) is 8.78 Å². The summed E-state index contributed by atoms with van der Waals surface area (Å²) in [5.74, 6) is -1.84. The molecule has 1 saturated heterocycles. The first-order chi connectivity index (χ1) is 14.0. The van der Waals surface area contributed by atoms with Crippen molar-refractivity contribution in [2.24, 2.45) is 0 Å². The lowest BCUT2D eigenvalue weighted by atomic mass is 9.91. The van der Waals surface area contributed by atoms with E-state index < -0.39 is 42.3 Å². The Morgan fingerprint density at radius 2 is 1.97 bits per heavy atom. The number of aromatic nitrogens is 3. The van der Waals surface area contributed by atoms with Crippen molar-refractivity contribution >= 4 is 11.0 Å². The molecule has 0 aliphatic carbocycles. The fourth-order valence-corrected chi connectivity index (χ4v) is 4.25. The maximum Gasteiger partial charge on any atom is 0.164 e. The van der Waals surface area contributed by atoms with Gasteiger partial charge in [-0.3, -0.25) is 0 Å². The summed E-state index contributed by atoms with van der Waals surface area (Å²) in [4.78, 5) is 8.40. The molecule has 0 radical (unpaired) electrons. The molecule has 2 aromatic heterocycles. The van der Waals surface area contributed by atoms with Crippen molar-refractivity contribution in [3.05, 3.63) is 59.2 Å².